The summed E-state index contributed by atoms with van der Waals surface area (Å²) < 4.78 is 41.5. The van der Waals surface area contributed by atoms with E-state index in [9.17, 15) is 13.2 Å². The van der Waals surface area contributed by atoms with Gasteiger partial charge in [0.1, 0.15) is 0 Å². The van der Waals surface area contributed by atoms with Gasteiger partial charge in [0.25, 0.3) is 0 Å². The molecule has 0 aromatic heterocycles. The lowest BCUT2D eigenvalue weighted by Crippen LogP contribution is -2.35. The van der Waals surface area contributed by atoms with Crippen molar-refractivity contribution in [1.29, 1.82) is 0 Å². The van der Waals surface area contributed by atoms with Crippen molar-refractivity contribution in [1.82, 2.24) is 0 Å². The maximum absolute atomic E-state index is 14.1. The van der Waals surface area contributed by atoms with Crippen molar-refractivity contribution in [2.75, 3.05) is 0 Å². The van der Waals surface area contributed by atoms with Gasteiger partial charge in [-0.2, -0.15) is 0 Å². The quantitative estimate of drug-likeness (QED) is 0.305. The first-order valence-corrected chi connectivity index (χ1v) is 13.8. The number of rotatable bonds is 5. The van der Waals surface area contributed by atoms with Crippen molar-refractivity contribution in [3.63, 3.8) is 0 Å². The first-order chi connectivity index (χ1) is 16.0. The Labute approximate surface area is 198 Å². The molecular weight excluding hydrogens is 417 g/mol. The molecule has 182 valence electrons. The third-order valence-corrected chi connectivity index (χ3v) is 10.3. The van der Waals surface area contributed by atoms with Gasteiger partial charge in [0.05, 0.1) is 0 Å². The van der Waals surface area contributed by atoms with Gasteiger partial charge in [0.2, 0.25) is 0 Å². The minimum absolute atomic E-state index is 0.426. The van der Waals surface area contributed by atoms with Gasteiger partial charge >= 0.3 is 0 Å². The highest BCUT2D eigenvalue weighted by Gasteiger charge is 2.39. The van der Waals surface area contributed by atoms with E-state index in [0.29, 0.717) is 29.4 Å². The number of hydrogen-bond acceptors (Lipinski definition) is 0. The van der Waals surface area contributed by atoms with Crippen LogP contribution in [-0.2, 0) is 12.8 Å². The van der Waals surface area contributed by atoms with Gasteiger partial charge < -0.3 is 0 Å². The van der Waals surface area contributed by atoms with E-state index in [0.717, 1.165) is 42.4 Å². The molecule has 0 radical (unpaired) electrons. The molecule has 0 saturated heterocycles. The summed E-state index contributed by atoms with van der Waals surface area (Å²) in [7, 11) is 0. The standard InChI is InChI=1S/C30H41F3/c1-2-3-4-19-5-6-25-16-23(12-11-22(25)15-19)20-7-9-21(10-8-20)24-13-14-27-26(17-24)18-28(31)30(33)29(27)32/h2,18-25H,1,3-17H2. The zero-order valence-corrected chi connectivity index (χ0v) is 20.1. The molecule has 0 N–H and O–H groups in total. The molecule has 0 aliphatic heterocycles. The van der Waals surface area contributed by atoms with Gasteiger partial charge in [-0.05, 0) is 149 Å². The van der Waals surface area contributed by atoms with E-state index in [4.69, 9.17) is 0 Å². The monoisotopic (exact) mass is 458 g/mol. The van der Waals surface area contributed by atoms with E-state index in [1.54, 1.807) is 0 Å². The van der Waals surface area contributed by atoms with Crippen LogP contribution in [0.1, 0.15) is 94.6 Å². The fourth-order valence-electron chi connectivity index (χ4n) is 8.41. The highest BCUT2D eigenvalue weighted by atomic mass is 19.2. The second-order valence-electron chi connectivity index (χ2n) is 11.9. The fraction of sp³-hybridized carbons (Fsp3) is 0.733. The SMILES string of the molecule is C=CCCC1CCC2CC(C3CCC(C4CCc5c(cc(F)c(F)c5F)C4)CC3)CCC2C1. The Kier molecular flexibility index (Phi) is 7.23. The normalized spacial score (nSPS) is 36.6. The Morgan fingerprint density at radius 1 is 0.727 bits per heavy atom. The van der Waals surface area contributed by atoms with Crippen LogP contribution >= 0.6 is 0 Å². The van der Waals surface area contributed by atoms with Crippen LogP contribution in [-0.4, -0.2) is 0 Å². The molecule has 3 saturated carbocycles. The maximum Gasteiger partial charge on any atom is 0.194 e. The third-order valence-electron chi connectivity index (χ3n) is 10.3. The van der Waals surface area contributed by atoms with Gasteiger partial charge in [0.15, 0.2) is 17.5 Å². The molecule has 0 amide bonds. The Morgan fingerprint density at radius 3 is 2.06 bits per heavy atom. The van der Waals surface area contributed by atoms with Gasteiger partial charge in [-0.25, -0.2) is 13.2 Å². The van der Waals surface area contributed by atoms with Gasteiger partial charge in [-0.15, -0.1) is 6.58 Å². The molecule has 1 aromatic carbocycles. The predicted molar refractivity (Wildman–Crippen MR) is 128 cm³/mol. The van der Waals surface area contributed by atoms with Crippen molar-refractivity contribution in [3.05, 3.63) is 47.3 Å². The van der Waals surface area contributed by atoms with Crippen molar-refractivity contribution in [2.24, 2.45) is 41.4 Å². The van der Waals surface area contributed by atoms with E-state index >= 15 is 0 Å². The summed E-state index contributed by atoms with van der Waals surface area (Å²) in [5.74, 6) is 2.61. The fourth-order valence-corrected chi connectivity index (χ4v) is 8.41. The molecule has 5 atom stereocenters. The summed E-state index contributed by atoms with van der Waals surface area (Å²) in [6, 6.07) is 1.26. The Balaban J connectivity index is 1.12. The Hall–Kier alpha value is -1.25. The van der Waals surface area contributed by atoms with Crippen LogP contribution in [0.15, 0.2) is 18.7 Å². The number of fused-ring (bicyclic) bond motifs is 2. The smallest absolute Gasteiger partial charge is 0.194 e. The minimum atomic E-state index is -1.30. The first kappa shape index (κ1) is 23.5. The van der Waals surface area contributed by atoms with Crippen LogP contribution in [0.2, 0.25) is 0 Å². The zero-order valence-electron chi connectivity index (χ0n) is 20.1. The van der Waals surface area contributed by atoms with Crippen molar-refractivity contribution >= 4 is 0 Å². The van der Waals surface area contributed by atoms with Crippen molar-refractivity contribution < 1.29 is 13.2 Å². The van der Waals surface area contributed by atoms with Gasteiger partial charge in [-0.1, -0.05) is 12.5 Å². The third kappa shape index (κ3) is 4.94. The summed E-state index contributed by atoms with van der Waals surface area (Å²) >= 11 is 0. The average molecular weight is 459 g/mol. The topological polar surface area (TPSA) is 0 Å². The van der Waals surface area contributed by atoms with Crippen LogP contribution in [0, 0.1) is 58.9 Å². The molecular formula is C30H41F3. The van der Waals surface area contributed by atoms with Crippen LogP contribution in [0.25, 0.3) is 0 Å². The molecule has 0 heterocycles. The number of benzene rings is 1. The van der Waals surface area contributed by atoms with Crippen LogP contribution in [0.4, 0.5) is 13.2 Å². The summed E-state index contributed by atoms with van der Waals surface area (Å²) in [6.07, 6.45) is 20.7. The molecule has 3 heteroatoms. The molecule has 4 aliphatic carbocycles. The van der Waals surface area contributed by atoms with Crippen LogP contribution in [0.3, 0.4) is 0 Å². The minimum Gasteiger partial charge on any atom is -0.204 e. The summed E-state index contributed by atoms with van der Waals surface area (Å²) in [4.78, 5) is 0. The Bertz CT molecular complexity index is 837. The van der Waals surface area contributed by atoms with E-state index in [-0.39, 0.29) is 0 Å². The molecule has 5 rings (SSSR count). The molecule has 0 bridgehead atoms. The van der Waals surface area contributed by atoms with E-state index < -0.39 is 17.5 Å². The molecule has 1 aromatic rings. The summed E-state index contributed by atoms with van der Waals surface area (Å²) in [6.45, 7) is 3.90. The number of halogens is 3. The maximum atomic E-state index is 14.1. The van der Waals surface area contributed by atoms with Crippen molar-refractivity contribution in [3.8, 4) is 0 Å². The second-order valence-corrected chi connectivity index (χ2v) is 11.9. The van der Waals surface area contributed by atoms with Crippen molar-refractivity contribution in [2.45, 2.75) is 96.3 Å². The van der Waals surface area contributed by atoms with E-state index in [2.05, 4.69) is 12.7 Å². The molecule has 5 unspecified atom stereocenters. The summed E-state index contributed by atoms with van der Waals surface area (Å²) in [5, 5.41) is 0. The highest BCUT2D eigenvalue weighted by Crippen LogP contribution is 2.50. The molecule has 0 spiro atoms. The molecule has 3 fully saturated rings. The number of allylic oxidation sites excluding steroid dienone is 1. The van der Waals surface area contributed by atoms with Crippen LogP contribution < -0.4 is 0 Å². The van der Waals surface area contributed by atoms with E-state index in [1.165, 1.54) is 83.1 Å². The molecule has 33 heavy (non-hydrogen) atoms. The van der Waals surface area contributed by atoms with Gasteiger partial charge in [-0.3, -0.25) is 0 Å². The van der Waals surface area contributed by atoms with Gasteiger partial charge in [0, 0.05) is 0 Å². The lowest BCUT2D eigenvalue weighted by atomic mass is 9.60. The lowest BCUT2D eigenvalue weighted by Gasteiger charge is -2.46. The number of hydrogen-bond donors (Lipinski definition) is 0. The molecule has 4 aliphatic rings. The molecule has 0 nitrogen and oxygen atoms in total. The zero-order chi connectivity index (χ0) is 22.9. The Morgan fingerprint density at radius 2 is 1.33 bits per heavy atom. The van der Waals surface area contributed by atoms with E-state index in [1.807, 2.05) is 0 Å². The highest BCUT2D eigenvalue weighted by molar-refractivity contribution is 5.33. The largest absolute Gasteiger partial charge is 0.204 e. The first-order valence-electron chi connectivity index (χ1n) is 13.8. The lowest BCUT2D eigenvalue weighted by molar-refractivity contribution is 0.0533. The predicted octanol–water partition coefficient (Wildman–Crippen LogP) is 8.81. The second kappa shape index (κ2) is 10.2. The average Bonchev–Trinajstić information content (AvgIpc) is 2.85. The van der Waals surface area contributed by atoms with Crippen LogP contribution in [0.5, 0.6) is 0 Å². The summed E-state index contributed by atoms with van der Waals surface area (Å²) in [5.41, 5.74) is 1.14.